The second-order valence-corrected chi connectivity index (χ2v) is 6.68. The van der Waals surface area contributed by atoms with Crippen LogP contribution in [0, 0.1) is 23.7 Å². The fourth-order valence-corrected chi connectivity index (χ4v) is 4.45. The Morgan fingerprint density at radius 3 is 2.59 bits per heavy atom. The first-order valence-corrected chi connectivity index (χ1v) is 7.67. The van der Waals surface area contributed by atoms with Crippen LogP contribution in [0.25, 0.3) is 0 Å². The van der Waals surface area contributed by atoms with Crippen molar-refractivity contribution in [1.29, 1.82) is 0 Å². The van der Waals surface area contributed by atoms with E-state index in [-0.39, 0.29) is 0 Å². The summed E-state index contributed by atoms with van der Waals surface area (Å²) in [7, 11) is 0. The highest BCUT2D eigenvalue weighted by Gasteiger charge is 2.38. The molecule has 1 fully saturated rings. The molecule has 0 radical (unpaired) electrons. The summed E-state index contributed by atoms with van der Waals surface area (Å²) in [5.74, 6) is 3.68. The molecule has 3 rings (SSSR count). The summed E-state index contributed by atoms with van der Waals surface area (Å²) in [6, 6.07) is 0. The van der Waals surface area contributed by atoms with E-state index in [0.717, 1.165) is 23.7 Å². The van der Waals surface area contributed by atoms with E-state index in [1.165, 1.54) is 44.9 Å². The Balaban J connectivity index is 1.79. The van der Waals surface area contributed by atoms with Crippen molar-refractivity contribution >= 4 is 0 Å². The second-order valence-electron chi connectivity index (χ2n) is 6.68. The van der Waals surface area contributed by atoms with E-state index in [1.54, 1.807) is 5.57 Å². The van der Waals surface area contributed by atoms with Crippen LogP contribution in [0.2, 0.25) is 0 Å². The van der Waals surface area contributed by atoms with E-state index in [2.05, 4.69) is 26.0 Å². The molecule has 0 aromatic rings. The highest BCUT2D eigenvalue weighted by Crippen LogP contribution is 2.51. The summed E-state index contributed by atoms with van der Waals surface area (Å²) < 4.78 is 0. The van der Waals surface area contributed by atoms with Gasteiger partial charge in [0.1, 0.15) is 0 Å². The quantitative estimate of drug-likeness (QED) is 0.618. The van der Waals surface area contributed by atoms with Crippen molar-refractivity contribution in [3.05, 3.63) is 23.3 Å². The van der Waals surface area contributed by atoms with Crippen LogP contribution in [-0.4, -0.2) is 0 Å². The Morgan fingerprint density at radius 2 is 1.88 bits per heavy atom. The van der Waals surface area contributed by atoms with E-state index in [1.807, 2.05) is 5.57 Å². The SMILES string of the molecule is CC(C)C1CC(C2CCCCC2)C2=C1C=CC2. The fraction of sp³-hybridized carbons (Fsp3) is 0.765. The lowest BCUT2D eigenvalue weighted by atomic mass is 9.75. The number of hydrogen-bond acceptors (Lipinski definition) is 0. The molecule has 0 spiro atoms. The summed E-state index contributed by atoms with van der Waals surface area (Å²) in [5.41, 5.74) is 3.59. The van der Waals surface area contributed by atoms with E-state index in [9.17, 15) is 0 Å². The molecule has 0 aromatic heterocycles. The molecule has 2 unspecified atom stereocenters. The van der Waals surface area contributed by atoms with Crippen molar-refractivity contribution in [2.75, 3.05) is 0 Å². The van der Waals surface area contributed by atoms with Crippen LogP contribution in [0.15, 0.2) is 23.3 Å². The van der Waals surface area contributed by atoms with Crippen LogP contribution in [0.4, 0.5) is 0 Å². The molecule has 0 aliphatic heterocycles. The number of allylic oxidation sites excluding steroid dienone is 4. The summed E-state index contributed by atoms with van der Waals surface area (Å²) >= 11 is 0. The third kappa shape index (κ3) is 2.00. The molecule has 0 aromatic carbocycles. The van der Waals surface area contributed by atoms with Gasteiger partial charge in [-0.15, -0.1) is 0 Å². The normalized spacial score (nSPS) is 33.8. The van der Waals surface area contributed by atoms with Crippen LogP contribution in [-0.2, 0) is 0 Å². The molecule has 1 saturated carbocycles. The van der Waals surface area contributed by atoms with Crippen LogP contribution in [0.5, 0.6) is 0 Å². The van der Waals surface area contributed by atoms with Gasteiger partial charge in [0.2, 0.25) is 0 Å². The first-order chi connectivity index (χ1) is 8.27. The maximum absolute atomic E-state index is 2.45. The second kappa shape index (κ2) is 4.63. The Hall–Kier alpha value is -0.520. The minimum Gasteiger partial charge on any atom is -0.0802 e. The molecular weight excluding hydrogens is 204 g/mol. The van der Waals surface area contributed by atoms with Gasteiger partial charge in [-0.25, -0.2) is 0 Å². The van der Waals surface area contributed by atoms with Gasteiger partial charge in [-0.3, -0.25) is 0 Å². The Morgan fingerprint density at radius 1 is 1.12 bits per heavy atom. The predicted octanol–water partition coefficient (Wildman–Crippen LogP) is 5.12. The minimum atomic E-state index is 0.830. The van der Waals surface area contributed by atoms with Gasteiger partial charge in [-0.1, -0.05) is 50.8 Å². The van der Waals surface area contributed by atoms with Gasteiger partial charge in [0.25, 0.3) is 0 Å². The first kappa shape index (κ1) is 11.6. The molecule has 17 heavy (non-hydrogen) atoms. The molecule has 94 valence electrons. The van der Waals surface area contributed by atoms with Crippen molar-refractivity contribution < 1.29 is 0 Å². The van der Waals surface area contributed by atoms with E-state index >= 15 is 0 Å². The van der Waals surface area contributed by atoms with Gasteiger partial charge in [0.05, 0.1) is 0 Å². The monoisotopic (exact) mass is 230 g/mol. The highest BCUT2D eigenvalue weighted by molar-refractivity contribution is 5.41. The van der Waals surface area contributed by atoms with Crippen LogP contribution >= 0.6 is 0 Å². The van der Waals surface area contributed by atoms with Crippen LogP contribution in [0.1, 0.15) is 58.8 Å². The van der Waals surface area contributed by atoms with Gasteiger partial charge in [0.15, 0.2) is 0 Å². The minimum absolute atomic E-state index is 0.830. The lowest BCUT2D eigenvalue weighted by molar-refractivity contribution is 0.250. The molecule has 2 atom stereocenters. The smallest absolute Gasteiger partial charge is 0.0127 e. The Bertz CT molecular complexity index is 339. The molecule has 3 aliphatic carbocycles. The summed E-state index contributed by atoms with van der Waals surface area (Å²) in [4.78, 5) is 0. The van der Waals surface area contributed by atoms with E-state index < -0.39 is 0 Å². The molecule has 0 heterocycles. The summed E-state index contributed by atoms with van der Waals surface area (Å²) in [6.45, 7) is 4.81. The van der Waals surface area contributed by atoms with E-state index in [4.69, 9.17) is 0 Å². The Labute approximate surface area is 106 Å². The summed E-state index contributed by atoms with van der Waals surface area (Å²) in [5, 5.41) is 0. The fourth-order valence-electron chi connectivity index (χ4n) is 4.45. The van der Waals surface area contributed by atoms with Gasteiger partial charge in [0, 0.05) is 0 Å². The van der Waals surface area contributed by atoms with Gasteiger partial charge in [-0.05, 0) is 54.9 Å². The topological polar surface area (TPSA) is 0 Å². The zero-order valence-corrected chi connectivity index (χ0v) is 11.4. The molecule has 0 nitrogen and oxygen atoms in total. The van der Waals surface area contributed by atoms with Gasteiger partial charge >= 0.3 is 0 Å². The van der Waals surface area contributed by atoms with Gasteiger partial charge < -0.3 is 0 Å². The zero-order valence-electron chi connectivity index (χ0n) is 11.4. The largest absolute Gasteiger partial charge is 0.0802 e. The molecule has 0 heteroatoms. The lowest BCUT2D eigenvalue weighted by Crippen LogP contribution is -2.19. The third-order valence-electron chi connectivity index (χ3n) is 5.38. The molecule has 3 aliphatic rings. The summed E-state index contributed by atoms with van der Waals surface area (Å²) in [6.07, 6.45) is 15.1. The average molecular weight is 230 g/mol. The molecule has 0 bridgehead atoms. The van der Waals surface area contributed by atoms with Crippen LogP contribution < -0.4 is 0 Å². The lowest BCUT2D eigenvalue weighted by Gasteiger charge is -2.30. The van der Waals surface area contributed by atoms with Crippen molar-refractivity contribution in [2.45, 2.75) is 58.8 Å². The molecule has 0 amide bonds. The standard InChI is InChI=1S/C17H26/c1-12(2)16-11-17(13-7-4-3-5-8-13)15-10-6-9-14(15)16/h6,9,12-13,16-17H,3-5,7-8,10-11H2,1-2H3. The highest BCUT2D eigenvalue weighted by atomic mass is 14.4. The third-order valence-corrected chi connectivity index (χ3v) is 5.38. The predicted molar refractivity (Wildman–Crippen MR) is 73.8 cm³/mol. The average Bonchev–Trinajstić information content (AvgIpc) is 2.90. The van der Waals surface area contributed by atoms with E-state index in [0.29, 0.717) is 0 Å². The molecule has 0 N–H and O–H groups in total. The maximum atomic E-state index is 2.45. The first-order valence-electron chi connectivity index (χ1n) is 7.67. The Kier molecular flexibility index (Phi) is 3.15. The number of hydrogen-bond donors (Lipinski definition) is 0. The molecular formula is C17H26. The maximum Gasteiger partial charge on any atom is -0.0127 e. The van der Waals surface area contributed by atoms with Crippen LogP contribution in [0.3, 0.4) is 0 Å². The van der Waals surface area contributed by atoms with Crippen molar-refractivity contribution in [2.24, 2.45) is 23.7 Å². The van der Waals surface area contributed by atoms with Crippen molar-refractivity contribution in [3.8, 4) is 0 Å². The molecule has 0 saturated heterocycles. The zero-order chi connectivity index (χ0) is 11.8. The van der Waals surface area contributed by atoms with Crippen molar-refractivity contribution in [3.63, 3.8) is 0 Å². The van der Waals surface area contributed by atoms with Crippen molar-refractivity contribution in [1.82, 2.24) is 0 Å². The van der Waals surface area contributed by atoms with Gasteiger partial charge in [-0.2, -0.15) is 0 Å². The number of rotatable bonds is 2.